The summed E-state index contributed by atoms with van der Waals surface area (Å²) in [6.45, 7) is 2.42. The molecule has 6 heteroatoms. The van der Waals surface area contributed by atoms with Crippen molar-refractivity contribution in [2.75, 3.05) is 0 Å². The van der Waals surface area contributed by atoms with Gasteiger partial charge in [0.1, 0.15) is 9.84 Å². The first-order valence-electron chi connectivity index (χ1n) is 9.24. The summed E-state index contributed by atoms with van der Waals surface area (Å²) >= 11 is 3.16. The minimum absolute atomic E-state index is 0.0137. The van der Waals surface area contributed by atoms with Gasteiger partial charge < -0.3 is 0 Å². The Morgan fingerprint density at radius 1 is 0.966 bits per heavy atom. The molecule has 3 heterocycles. The van der Waals surface area contributed by atoms with Crippen LogP contribution < -0.4 is 5.56 Å². The van der Waals surface area contributed by atoms with Crippen molar-refractivity contribution in [2.45, 2.75) is 13.5 Å². The molecule has 0 aliphatic carbocycles. The quantitative estimate of drug-likeness (QED) is 0.384. The van der Waals surface area contributed by atoms with Crippen LogP contribution in [0.4, 0.5) is 0 Å². The van der Waals surface area contributed by atoms with E-state index in [1.54, 1.807) is 33.6 Å². The smallest absolute Gasteiger partial charge is 0.262 e. The molecule has 0 aliphatic rings. The first-order valence-corrected chi connectivity index (χ1v) is 10.9. The van der Waals surface area contributed by atoms with Crippen LogP contribution in [0.3, 0.4) is 0 Å². The molecule has 5 aromatic rings. The lowest BCUT2D eigenvalue weighted by Crippen LogP contribution is -2.21. The number of aryl methyl sites for hydroxylation is 1. The van der Waals surface area contributed by atoms with Crippen molar-refractivity contribution in [1.29, 1.82) is 0 Å². The SMILES string of the molecule is Cc1c(-c2ccccc2)sc2ncn(Cc3csc(-c4ccccc4)n3)c(=O)c12. The van der Waals surface area contributed by atoms with E-state index in [-0.39, 0.29) is 5.56 Å². The van der Waals surface area contributed by atoms with Crippen LogP contribution in [0.2, 0.25) is 0 Å². The number of hydrogen-bond donors (Lipinski definition) is 0. The average Bonchev–Trinajstić information content (AvgIpc) is 3.36. The molecule has 0 saturated heterocycles. The molecule has 0 amide bonds. The zero-order valence-corrected chi connectivity index (χ0v) is 17.3. The maximum absolute atomic E-state index is 13.2. The fourth-order valence-electron chi connectivity index (χ4n) is 3.40. The highest BCUT2D eigenvalue weighted by Gasteiger charge is 2.16. The Bertz CT molecular complexity index is 1350. The second-order valence-corrected chi connectivity index (χ2v) is 8.65. The molecular weight excluding hydrogens is 398 g/mol. The van der Waals surface area contributed by atoms with Crippen LogP contribution in [0.15, 0.2) is 77.2 Å². The largest absolute Gasteiger partial charge is 0.293 e. The van der Waals surface area contributed by atoms with E-state index in [0.29, 0.717) is 11.9 Å². The predicted molar refractivity (Wildman–Crippen MR) is 121 cm³/mol. The third-order valence-corrected chi connectivity index (χ3v) is 7.05. The van der Waals surface area contributed by atoms with Crippen molar-refractivity contribution < 1.29 is 0 Å². The van der Waals surface area contributed by atoms with Gasteiger partial charge in [-0.05, 0) is 18.1 Å². The molecule has 142 valence electrons. The predicted octanol–water partition coefficient (Wildman–Crippen LogP) is 5.61. The van der Waals surface area contributed by atoms with Crippen molar-refractivity contribution >= 4 is 32.9 Å². The molecule has 0 atom stereocenters. The lowest BCUT2D eigenvalue weighted by molar-refractivity contribution is 0.735. The molecule has 0 saturated carbocycles. The minimum atomic E-state index is -0.0137. The molecule has 5 rings (SSSR count). The van der Waals surface area contributed by atoms with Crippen molar-refractivity contribution in [2.24, 2.45) is 0 Å². The summed E-state index contributed by atoms with van der Waals surface area (Å²) in [4.78, 5) is 24.3. The van der Waals surface area contributed by atoms with E-state index in [1.165, 1.54) is 0 Å². The molecule has 4 nitrogen and oxygen atoms in total. The van der Waals surface area contributed by atoms with Crippen molar-refractivity contribution in [3.8, 4) is 21.0 Å². The number of aromatic nitrogens is 3. The highest BCUT2D eigenvalue weighted by Crippen LogP contribution is 2.35. The Morgan fingerprint density at radius 2 is 1.66 bits per heavy atom. The summed E-state index contributed by atoms with van der Waals surface area (Å²) in [7, 11) is 0. The van der Waals surface area contributed by atoms with Gasteiger partial charge in [0.25, 0.3) is 5.56 Å². The highest BCUT2D eigenvalue weighted by molar-refractivity contribution is 7.22. The average molecular weight is 416 g/mol. The van der Waals surface area contributed by atoms with Crippen LogP contribution in [0.25, 0.3) is 31.2 Å². The minimum Gasteiger partial charge on any atom is -0.293 e. The Labute approximate surface area is 175 Å². The number of hydrogen-bond acceptors (Lipinski definition) is 5. The number of thiophene rings is 1. The van der Waals surface area contributed by atoms with Gasteiger partial charge in [-0.15, -0.1) is 22.7 Å². The number of rotatable bonds is 4. The molecule has 3 aromatic heterocycles. The Morgan fingerprint density at radius 3 is 2.38 bits per heavy atom. The van der Waals surface area contributed by atoms with Crippen molar-refractivity contribution in [1.82, 2.24) is 14.5 Å². The lowest BCUT2D eigenvalue weighted by Gasteiger charge is -2.03. The fourth-order valence-corrected chi connectivity index (χ4v) is 5.37. The van der Waals surface area contributed by atoms with E-state index in [9.17, 15) is 4.79 Å². The second-order valence-electron chi connectivity index (χ2n) is 6.79. The van der Waals surface area contributed by atoms with Gasteiger partial charge in [0.05, 0.1) is 24.0 Å². The van der Waals surface area contributed by atoms with Gasteiger partial charge in [0, 0.05) is 15.8 Å². The fraction of sp³-hybridized carbons (Fsp3) is 0.0870. The molecule has 0 fully saturated rings. The molecule has 0 unspecified atom stereocenters. The van der Waals surface area contributed by atoms with Crippen LogP contribution in [0.5, 0.6) is 0 Å². The molecule has 0 spiro atoms. The van der Waals surface area contributed by atoms with E-state index >= 15 is 0 Å². The van der Waals surface area contributed by atoms with Crippen LogP contribution >= 0.6 is 22.7 Å². The molecule has 0 radical (unpaired) electrons. The normalized spacial score (nSPS) is 11.2. The summed E-state index contributed by atoms with van der Waals surface area (Å²) in [6.07, 6.45) is 1.64. The first kappa shape index (κ1) is 18.0. The van der Waals surface area contributed by atoms with Gasteiger partial charge in [-0.2, -0.15) is 0 Å². The van der Waals surface area contributed by atoms with E-state index in [4.69, 9.17) is 4.98 Å². The van der Waals surface area contributed by atoms with Crippen LogP contribution in [0.1, 0.15) is 11.3 Å². The van der Waals surface area contributed by atoms with Crippen LogP contribution in [-0.2, 0) is 6.54 Å². The van der Waals surface area contributed by atoms with E-state index in [1.807, 2.05) is 60.8 Å². The number of benzene rings is 2. The summed E-state index contributed by atoms with van der Waals surface area (Å²) in [5, 5.41) is 3.67. The second kappa shape index (κ2) is 7.39. The number of fused-ring (bicyclic) bond motifs is 1. The van der Waals surface area contributed by atoms with Gasteiger partial charge in [0.15, 0.2) is 0 Å². The maximum Gasteiger partial charge on any atom is 0.262 e. The van der Waals surface area contributed by atoms with E-state index < -0.39 is 0 Å². The molecule has 0 N–H and O–H groups in total. The Hall–Kier alpha value is -3.09. The maximum atomic E-state index is 13.2. The molecule has 0 aliphatic heterocycles. The van der Waals surface area contributed by atoms with Gasteiger partial charge in [-0.3, -0.25) is 9.36 Å². The standard InChI is InChI=1S/C23H17N3OS2/c1-15-19-22(29-20(15)16-8-4-2-5-9-16)24-14-26(23(19)27)12-18-13-28-21(25-18)17-10-6-3-7-11-17/h2-11,13-14H,12H2,1H3. The van der Waals surface area contributed by atoms with Gasteiger partial charge in [-0.1, -0.05) is 60.7 Å². The van der Waals surface area contributed by atoms with Gasteiger partial charge in [0.2, 0.25) is 0 Å². The summed E-state index contributed by atoms with van der Waals surface area (Å²) in [5.74, 6) is 0. The lowest BCUT2D eigenvalue weighted by atomic mass is 10.1. The molecule has 2 aromatic carbocycles. The molecular formula is C23H17N3OS2. The zero-order chi connectivity index (χ0) is 19.8. The summed E-state index contributed by atoms with van der Waals surface area (Å²) < 4.78 is 1.65. The monoisotopic (exact) mass is 415 g/mol. The topological polar surface area (TPSA) is 47.8 Å². The zero-order valence-electron chi connectivity index (χ0n) is 15.7. The third-order valence-electron chi connectivity index (χ3n) is 4.86. The third kappa shape index (κ3) is 3.30. The van der Waals surface area contributed by atoms with Crippen LogP contribution in [0, 0.1) is 6.92 Å². The van der Waals surface area contributed by atoms with Crippen molar-refractivity contribution in [3.63, 3.8) is 0 Å². The Kier molecular flexibility index (Phi) is 4.58. The van der Waals surface area contributed by atoms with Gasteiger partial charge >= 0.3 is 0 Å². The number of nitrogens with zero attached hydrogens (tertiary/aromatic N) is 3. The van der Waals surface area contributed by atoms with Crippen LogP contribution in [-0.4, -0.2) is 14.5 Å². The van der Waals surface area contributed by atoms with Crippen molar-refractivity contribution in [3.05, 3.63) is 94.0 Å². The molecule has 0 bridgehead atoms. The Balaban J connectivity index is 1.52. The first-order chi connectivity index (χ1) is 14.2. The highest BCUT2D eigenvalue weighted by atomic mass is 32.1. The molecule has 29 heavy (non-hydrogen) atoms. The summed E-state index contributed by atoms with van der Waals surface area (Å²) in [5.41, 5.74) is 4.05. The van der Waals surface area contributed by atoms with E-state index in [2.05, 4.69) is 17.1 Å². The van der Waals surface area contributed by atoms with Gasteiger partial charge in [-0.25, -0.2) is 9.97 Å². The number of thiazole rings is 1. The summed E-state index contributed by atoms with van der Waals surface area (Å²) in [6, 6.07) is 20.2. The van der Waals surface area contributed by atoms with E-state index in [0.717, 1.165) is 37.1 Å².